The molecule has 0 bridgehead atoms. The van der Waals surface area contributed by atoms with Gasteiger partial charge in [-0.05, 0) is 55.9 Å². The molecule has 13 heteroatoms. The Balaban J connectivity index is 1.65. The van der Waals surface area contributed by atoms with E-state index in [1.165, 1.54) is 19.2 Å². The Bertz CT molecular complexity index is 1370. The Kier molecular flexibility index (Phi) is 10.2. The van der Waals surface area contributed by atoms with Crippen LogP contribution in [-0.2, 0) is 9.47 Å². The molecule has 1 saturated heterocycles. The summed E-state index contributed by atoms with van der Waals surface area (Å²) in [5, 5.41) is 13.3. The van der Waals surface area contributed by atoms with Crippen LogP contribution < -0.4 is 9.47 Å². The third kappa shape index (κ3) is 7.64. The highest BCUT2D eigenvalue weighted by molar-refractivity contribution is 8.15. The predicted molar refractivity (Wildman–Crippen MR) is 148 cm³/mol. The smallest absolute Gasteiger partial charge is 0.432 e. The number of methoxy groups -OCH3 is 1. The Labute approximate surface area is 234 Å². The number of hydrogen-bond donors (Lipinski definition) is 1. The monoisotopic (exact) mass is 572 g/mol. The van der Waals surface area contributed by atoms with Gasteiger partial charge < -0.3 is 28.6 Å². The number of benzene rings is 2. The first-order valence-corrected chi connectivity index (χ1v) is 13.7. The minimum atomic E-state index is -1.44. The average molecular weight is 573 g/mol. The van der Waals surface area contributed by atoms with E-state index in [1.807, 2.05) is 0 Å². The molecule has 0 spiro atoms. The van der Waals surface area contributed by atoms with Gasteiger partial charge in [-0.15, -0.1) is 11.8 Å². The number of halogens is 1. The number of hydrogen-bond acceptors (Lipinski definition) is 10. The van der Waals surface area contributed by atoms with Gasteiger partial charge in [-0.25, -0.2) is 14.2 Å². The fraction of sp³-hybridized carbons (Fsp3) is 0.370. The van der Waals surface area contributed by atoms with E-state index < -0.39 is 11.9 Å². The van der Waals surface area contributed by atoms with Crippen molar-refractivity contribution in [1.29, 1.82) is 0 Å². The van der Waals surface area contributed by atoms with Crippen molar-refractivity contribution in [2.45, 2.75) is 32.5 Å². The quantitative estimate of drug-likeness (QED) is 0.184. The highest BCUT2D eigenvalue weighted by atomic mass is 32.2. The van der Waals surface area contributed by atoms with Gasteiger partial charge >= 0.3 is 6.09 Å². The standard InChI is InChI=1S/C27H29FN4O7S/c1-16-29-25(32-39-16)17-7-9-18(10-8-17)30-24(26(40-3)31-27(33)34)20-14-19(35-2)15-21(23(20)28)36-12-13-38-22-6-4-5-11-37-22/h7-10,14-15,22H,4-6,11-13H2,1-3H3,(H,33,34). The molecule has 4 rings (SSSR count). The molecule has 40 heavy (non-hydrogen) atoms. The Morgan fingerprint density at radius 3 is 2.65 bits per heavy atom. The van der Waals surface area contributed by atoms with E-state index in [2.05, 4.69) is 20.1 Å². The van der Waals surface area contributed by atoms with Crippen LogP contribution in [0.3, 0.4) is 0 Å². The molecule has 212 valence electrons. The lowest BCUT2D eigenvalue weighted by Gasteiger charge is -2.22. The van der Waals surface area contributed by atoms with E-state index in [0.29, 0.717) is 29.6 Å². The molecule has 0 saturated carbocycles. The lowest BCUT2D eigenvalue weighted by atomic mass is 10.1. The molecular weight excluding hydrogens is 543 g/mol. The van der Waals surface area contributed by atoms with Crippen molar-refractivity contribution in [2.75, 3.05) is 33.2 Å². The van der Waals surface area contributed by atoms with E-state index >= 15 is 4.39 Å². The molecule has 1 unspecified atom stereocenters. The number of amides is 1. The summed E-state index contributed by atoms with van der Waals surface area (Å²) in [6.07, 6.45) is 2.71. The Morgan fingerprint density at radius 2 is 2.02 bits per heavy atom. The summed E-state index contributed by atoms with van der Waals surface area (Å²) >= 11 is 1.01. The van der Waals surface area contributed by atoms with Crippen molar-refractivity contribution in [1.82, 2.24) is 10.1 Å². The van der Waals surface area contributed by atoms with Crippen LogP contribution >= 0.6 is 11.8 Å². The van der Waals surface area contributed by atoms with Gasteiger partial charge in [0.15, 0.2) is 17.9 Å². The Hall–Kier alpha value is -3.81. The van der Waals surface area contributed by atoms with E-state index in [1.54, 1.807) is 37.4 Å². The second-order valence-corrected chi connectivity index (χ2v) is 9.35. The molecule has 11 nitrogen and oxygen atoms in total. The lowest BCUT2D eigenvalue weighted by molar-refractivity contribution is -0.165. The maximum Gasteiger partial charge on any atom is 0.432 e. The summed E-state index contributed by atoms with van der Waals surface area (Å²) in [6, 6.07) is 9.60. The van der Waals surface area contributed by atoms with E-state index in [-0.39, 0.29) is 47.3 Å². The molecule has 0 aliphatic carbocycles. The van der Waals surface area contributed by atoms with Gasteiger partial charge in [0.25, 0.3) is 0 Å². The highest BCUT2D eigenvalue weighted by Crippen LogP contribution is 2.31. The van der Waals surface area contributed by atoms with E-state index in [0.717, 1.165) is 31.0 Å². The van der Waals surface area contributed by atoms with Gasteiger partial charge in [0, 0.05) is 30.7 Å². The highest BCUT2D eigenvalue weighted by Gasteiger charge is 2.23. The van der Waals surface area contributed by atoms with Crippen LogP contribution in [0.15, 0.2) is 50.9 Å². The number of rotatable bonds is 10. The molecule has 3 aromatic rings. The van der Waals surface area contributed by atoms with Gasteiger partial charge in [0.05, 0.1) is 19.4 Å². The van der Waals surface area contributed by atoms with Crippen LogP contribution in [0.5, 0.6) is 11.5 Å². The third-order valence-corrected chi connectivity index (χ3v) is 6.44. The molecule has 1 fully saturated rings. The van der Waals surface area contributed by atoms with Crippen molar-refractivity contribution in [3.63, 3.8) is 0 Å². The number of nitrogens with zero attached hydrogens (tertiary/aromatic N) is 4. The van der Waals surface area contributed by atoms with Gasteiger partial charge in [-0.1, -0.05) is 5.16 Å². The second-order valence-electron chi connectivity index (χ2n) is 8.55. The molecular formula is C27H29FN4O7S. The van der Waals surface area contributed by atoms with E-state index in [9.17, 15) is 9.90 Å². The zero-order valence-electron chi connectivity index (χ0n) is 22.3. The summed E-state index contributed by atoms with van der Waals surface area (Å²) in [6.45, 7) is 2.59. The maximum atomic E-state index is 15.9. The first kappa shape index (κ1) is 29.2. The Morgan fingerprint density at radius 1 is 1.23 bits per heavy atom. The van der Waals surface area contributed by atoms with Gasteiger partial charge in [0.1, 0.15) is 23.1 Å². The third-order valence-electron chi connectivity index (χ3n) is 5.77. The van der Waals surface area contributed by atoms with Crippen molar-refractivity contribution < 1.29 is 37.8 Å². The first-order chi connectivity index (χ1) is 19.4. The molecule has 1 atom stereocenters. The second kappa shape index (κ2) is 14.0. The SMILES string of the molecule is COc1cc(OCCOC2CCCCO2)c(F)c(C(=Nc2ccc(-c3noc(C)n3)cc2)C(=NC(=O)O)SC)c1. The minimum absolute atomic E-state index is 0.00818. The fourth-order valence-corrected chi connectivity index (χ4v) is 4.40. The summed E-state index contributed by atoms with van der Waals surface area (Å²) in [4.78, 5) is 23.9. The molecule has 2 aromatic carbocycles. The van der Waals surface area contributed by atoms with Crippen LogP contribution in [0.2, 0.25) is 0 Å². The van der Waals surface area contributed by atoms with Crippen LogP contribution in [0.4, 0.5) is 14.9 Å². The van der Waals surface area contributed by atoms with Crippen molar-refractivity contribution in [3.8, 4) is 22.9 Å². The van der Waals surface area contributed by atoms with Gasteiger partial charge in [-0.3, -0.25) is 0 Å². The number of aliphatic imine (C=N–C) groups is 2. The summed E-state index contributed by atoms with van der Waals surface area (Å²) in [5.74, 6) is 0.266. The predicted octanol–water partition coefficient (Wildman–Crippen LogP) is 5.68. The van der Waals surface area contributed by atoms with Crippen LogP contribution in [0.1, 0.15) is 30.7 Å². The summed E-state index contributed by atoms with van der Waals surface area (Å²) < 4.78 is 43.2. The normalized spacial score (nSPS) is 16.1. The van der Waals surface area contributed by atoms with Gasteiger partial charge in [0.2, 0.25) is 11.7 Å². The van der Waals surface area contributed by atoms with Crippen LogP contribution in [-0.4, -0.2) is 71.6 Å². The topological polar surface area (TPSA) is 138 Å². The molecule has 1 aliphatic rings. The molecule has 1 amide bonds. The van der Waals surface area contributed by atoms with Crippen molar-refractivity contribution >= 4 is 34.3 Å². The number of carbonyl (C=O) groups is 1. The number of carboxylic acid groups (broad SMARTS) is 1. The van der Waals surface area contributed by atoms with Crippen molar-refractivity contribution in [3.05, 3.63) is 53.7 Å². The first-order valence-electron chi connectivity index (χ1n) is 12.5. The summed E-state index contributed by atoms with van der Waals surface area (Å²) in [5.41, 5.74) is 1.05. The number of aromatic nitrogens is 2. The molecule has 1 N–H and O–H groups in total. The van der Waals surface area contributed by atoms with Crippen LogP contribution in [0, 0.1) is 12.7 Å². The number of thioether (sulfide) groups is 1. The zero-order chi connectivity index (χ0) is 28.5. The lowest BCUT2D eigenvalue weighted by Crippen LogP contribution is -2.24. The zero-order valence-corrected chi connectivity index (χ0v) is 23.1. The molecule has 2 heterocycles. The molecule has 1 aliphatic heterocycles. The van der Waals surface area contributed by atoms with E-state index in [4.69, 9.17) is 23.5 Å². The molecule has 0 radical (unpaired) electrons. The summed E-state index contributed by atoms with van der Waals surface area (Å²) in [7, 11) is 1.43. The molecule has 1 aromatic heterocycles. The van der Waals surface area contributed by atoms with Crippen LogP contribution in [0.25, 0.3) is 11.4 Å². The number of ether oxygens (including phenoxy) is 4. The average Bonchev–Trinajstić information content (AvgIpc) is 3.40. The minimum Gasteiger partial charge on any atom is -0.497 e. The van der Waals surface area contributed by atoms with Gasteiger partial charge in [-0.2, -0.15) is 9.98 Å². The maximum absolute atomic E-state index is 15.9. The fourth-order valence-electron chi connectivity index (χ4n) is 3.88. The number of aryl methyl sites for hydroxylation is 1. The van der Waals surface area contributed by atoms with Crippen molar-refractivity contribution in [2.24, 2.45) is 9.98 Å². The largest absolute Gasteiger partial charge is 0.497 e.